The Morgan fingerprint density at radius 2 is 1.50 bits per heavy atom. The molecule has 3 atom stereocenters. The highest BCUT2D eigenvalue weighted by molar-refractivity contribution is 6.09. The van der Waals surface area contributed by atoms with Crippen molar-refractivity contribution in [1.29, 1.82) is 0 Å². The molecule has 12 nitrogen and oxygen atoms in total. The van der Waals surface area contributed by atoms with E-state index in [0.29, 0.717) is 57.6 Å². The summed E-state index contributed by atoms with van der Waals surface area (Å²) in [4.78, 5) is 60.4. The number of aliphatic hydroxyl groups is 2. The van der Waals surface area contributed by atoms with E-state index in [0.717, 1.165) is 12.8 Å². The highest BCUT2D eigenvalue weighted by Crippen LogP contribution is 2.49. The van der Waals surface area contributed by atoms with E-state index in [9.17, 15) is 29.4 Å². The first-order valence-electron chi connectivity index (χ1n) is 18.1. The molecule has 1 fully saturated rings. The van der Waals surface area contributed by atoms with Crippen molar-refractivity contribution in [3.63, 3.8) is 0 Å². The van der Waals surface area contributed by atoms with Gasteiger partial charge in [0.2, 0.25) is 5.91 Å². The minimum absolute atomic E-state index is 0.0525. The summed E-state index contributed by atoms with van der Waals surface area (Å²) >= 11 is 0. The van der Waals surface area contributed by atoms with Gasteiger partial charge in [-0.05, 0) is 73.0 Å². The van der Waals surface area contributed by atoms with Crippen LogP contribution < -0.4 is 24.2 Å². The number of rotatable bonds is 9. The Labute approximate surface area is 312 Å². The standard InChI is InChI=1S/C42H40N4O8/c1-27(9-6-17-38(48)43-20-8-12-31(43)24-47)42(52)32-22-30(46-35-14-3-5-16-37(35)54-26-40(46)50)18-19-33(32)44(41(42)51)23-28-10-7-11-29(21-28)45-34-13-2-4-15-36(34)53-25-39(45)49/h2-7,9-11,13-16,18-19,21-22,27,31,47,52H,8,12,17,20,23-26H2,1H3/b9-6+/t27-,31+,42+/m1/s1. The third kappa shape index (κ3) is 5.97. The van der Waals surface area contributed by atoms with Crippen molar-refractivity contribution in [3.05, 3.63) is 114 Å². The van der Waals surface area contributed by atoms with Crippen LogP contribution in [0.3, 0.4) is 0 Å². The second-order valence-corrected chi connectivity index (χ2v) is 14.0. The topological polar surface area (TPSA) is 140 Å². The third-order valence-corrected chi connectivity index (χ3v) is 10.7. The van der Waals surface area contributed by atoms with Gasteiger partial charge in [0.1, 0.15) is 11.5 Å². The van der Waals surface area contributed by atoms with Crippen LogP contribution in [0.4, 0.5) is 28.4 Å². The number of para-hydroxylation sites is 4. The lowest BCUT2D eigenvalue weighted by molar-refractivity contribution is -0.139. The van der Waals surface area contributed by atoms with E-state index in [2.05, 4.69) is 0 Å². The fourth-order valence-corrected chi connectivity index (χ4v) is 7.96. The quantitative estimate of drug-likeness (QED) is 0.227. The molecule has 12 heteroatoms. The van der Waals surface area contributed by atoms with Gasteiger partial charge >= 0.3 is 0 Å². The van der Waals surface area contributed by atoms with Gasteiger partial charge in [0, 0.05) is 35.8 Å². The maximum absolute atomic E-state index is 14.6. The Morgan fingerprint density at radius 3 is 2.17 bits per heavy atom. The summed E-state index contributed by atoms with van der Waals surface area (Å²) in [5.74, 6) is -0.889. The molecule has 0 aromatic heterocycles. The largest absolute Gasteiger partial charge is 0.482 e. The first kappa shape index (κ1) is 35.1. The molecule has 0 bridgehead atoms. The van der Waals surface area contributed by atoms with Gasteiger partial charge in [-0.2, -0.15) is 0 Å². The lowest BCUT2D eigenvalue weighted by atomic mass is 9.82. The van der Waals surface area contributed by atoms with Crippen molar-refractivity contribution in [2.24, 2.45) is 5.92 Å². The fourth-order valence-electron chi connectivity index (χ4n) is 7.96. The zero-order valence-electron chi connectivity index (χ0n) is 29.8. The maximum atomic E-state index is 14.6. The van der Waals surface area contributed by atoms with Crippen molar-refractivity contribution in [3.8, 4) is 11.5 Å². The number of likely N-dealkylation sites (tertiary alicyclic amines) is 1. The number of fused-ring (bicyclic) bond motifs is 3. The zero-order chi connectivity index (χ0) is 37.6. The number of hydrogen-bond donors (Lipinski definition) is 2. The van der Waals surface area contributed by atoms with Gasteiger partial charge in [0.05, 0.1) is 36.3 Å². The summed E-state index contributed by atoms with van der Waals surface area (Å²) in [6.45, 7) is 2.01. The van der Waals surface area contributed by atoms with E-state index in [1.54, 1.807) is 71.3 Å². The summed E-state index contributed by atoms with van der Waals surface area (Å²) in [5.41, 5.74) is 1.68. The Morgan fingerprint density at radius 1 is 0.852 bits per heavy atom. The van der Waals surface area contributed by atoms with Crippen LogP contribution in [0, 0.1) is 5.92 Å². The molecular formula is C42H40N4O8. The fraction of sp³-hybridized carbons (Fsp3) is 0.286. The molecule has 8 rings (SSSR count). The first-order valence-corrected chi connectivity index (χ1v) is 18.1. The molecule has 0 radical (unpaired) electrons. The van der Waals surface area contributed by atoms with Gasteiger partial charge < -0.3 is 29.5 Å². The second-order valence-electron chi connectivity index (χ2n) is 14.0. The summed E-state index contributed by atoms with van der Waals surface area (Å²) in [7, 11) is 0. The molecule has 2 N–H and O–H groups in total. The number of nitrogens with zero attached hydrogens (tertiary/aromatic N) is 4. The molecule has 4 aromatic rings. The summed E-state index contributed by atoms with van der Waals surface area (Å²) < 4.78 is 11.3. The summed E-state index contributed by atoms with van der Waals surface area (Å²) in [6, 6.07) is 26.8. The number of aliphatic hydroxyl groups excluding tert-OH is 1. The average molecular weight is 729 g/mol. The van der Waals surface area contributed by atoms with Crippen LogP contribution in [0.25, 0.3) is 0 Å². The number of ether oxygens (including phenoxy) is 2. The number of anilines is 5. The van der Waals surface area contributed by atoms with Gasteiger partial charge in [-0.1, -0.05) is 55.5 Å². The van der Waals surface area contributed by atoms with Crippen molar-refractivity contribution in [1.82, 2.24) is 4.90 Å². The van der Waals surface area contributed by atoms with Crippen molar-refractivity contribution in [2.45, 2.75) is 44.4 Å². The number of hydrogen-bond acceptors (Lipinski definition) is 8. The molecule has 4 amide bonds. The molecular weight excluding hydrogens is 688 g/mol. The molecule has 4 heterocycles. The molecule has 276 valence electrons. The molecule has 0 spiro atoms. The van der Waals surface area contributed by atoms with Crippen LogP contribution in [0.5, 0.6) is 11.5 Å². The van der Waals surface area contributed by atoms with E-state index in [1.165, 1.54) is 9.80 Å². The normalized spacial score (nSPS) is 21.2. The molecule has 4 aromatic carbocycles. The monoisotopic (exact) mass is 728 g/mol. The van der Waals surface area contributed by atoms with Crippen LogP contribution in [-0.4, -0.2) is 71.1 Å². The van der Waals surface area contributed by atoms with E-state index in [4.69, 9.17) is 9.47 Å². The minimum atomic E-state index is -2.06. The van der Waals surface area contributed by atoms with Crippen molar-refractivity contribution in [2.75, 3.05) is 41.1 Å². The second kappa shape index (κ2) is 14.1. The minimum Gasteiger partial charge on any atom is -0.482 e. The Bertz CT molecular complexity index is 2190. The van der Waals surface area contributed by atoms with E-state index in [1.807, 2.05) is 48.5 Å². The zero-order valence-corrected chi connectivity index (χ0v) is 29.8. The van der Waals surface area contributed by atoms with Crippen LogP contribution in [0.1, 0.15) is 37.3 Å². The van der Waals surface area contributed by atoms with E-state index < -0.39 is 17.4 Å². The Hall–Kier alpha value is -5.98. The molecule has 0 aliphatic carbocycles. The average Bonchev–Trinajstić information content (AvgIpc) is 3.76. The molecule has 54 heavy (non-hydrogen) atoms. The Balaban J connectivity index is 1.14. The summed E-state index contributed by atoms with van der Waals surface area (Å²) in [6.07, 6.45) is 4.98. The van der Waals surface area contributed by atoms with Crippen LogP contribution in [-0.2, 0) is 31.3 Å². The van der Waals surface area contributed by atoms with E-state index >= 15 is 0 Å². The van der Waals surface area contributed by atoms with Gasteiger partial charge in [0.15, 0.2) is 18.8 Å². The smallest absolute Gasteiger partial charge is 0.269 e. The first-order chi connectivity index (χ1) is 26.2. The van der Waals surface area contributed by atoms with Gasteiger partial charge in [-0.25, -0.2) is 0 Å². The maximum Gasteiger partial charge on any atom is 0.269 e. The third-order valence-electron chi connectivity index (χ3n) is 10.7. The van der Waals surface area contributed by atoms with Crippen LogP contribution in [0.2, 0.25) is 0 Å². The SMILES string of the molecule is C[C@H](/C=C/CC(=O)N1CCC[C@H]1CO)[C@@]1(O)C(=O)N(Cc2cccc(N3C(=O)COc4ccccc43)c2)c2ccc(N3C(=O)COc4ccccc43)cc21. The Kier molecular flexibility index (Phi) is 9.16. The van der Waals surface area contributed by atoms with Crippen molar-refractivity contribution < 1.29 is 38.9 Å². The molecule has 0 unspecified atom stereocenters. The van der Waals surface area contributed by atoms with E-state index in [-0.39, 0.29) is 56.5 Å². The van der Waals surface area contributed by atoms with Crippen LogP contribution >= 0.6 is 0 Å². The number of carbonyl (C=O) groups excluding carboxylic acids is 4. The van der Waals surface area contributed by atoms with Gasteiger partial charge in [-0.3, -0.25) is 29.0 Å². The molecule has 0 saturated carbocycles. The summed E-state index contributed by atoms with van der Waals surface area (Å²) in [5, 5.41) is 22.3. The highest BCUT2D eigenvalue weighted by atomic mass is 16.5. The molecule has 4 aliphatic rings. The lowest BCUT2D eigenvalue weighted by Crippen LogP contribution is -2.44. The number of benzene rings is 4. The van der Waals surface area contributed by atoms with Crippen LogP contribution in [0.15, 0.2) is 103 Å². The predicted octanol–water partition coefficient (Wildman–Crippen LogP) is 5.10. The lowest BCUT2D eigenvalue weighted by Gasteiger charge is -2.31. The highest BCUT2D eigenvalue weighted by Gasteiger charge is 2.53. The molecule has 4 aliphatic heterocycles. The molecule has 1 saturated heterocycles. The number of amides is 4. The van der Waals surface area contributed by atoms with Gasteiger partial charge in [0.25, 0.3) is 17.7 Å². The van der Waals surface area contributed by atoms with Crippen molar-refractivity contribution >= 4 is 52.1 Å². The number of carbonyl (C=O) groups is 4. The van der Waals surface area contributed by atoms with Gasteiger partial charge in [-0.15, -0.1) is 0 Å². The predicted molar refractivity (Wildman–Crippen MR) is 201 cm³/mol.